The zero-order valence-electron chi connectivity index (χ0n) is 13.3. The van der Waals surface area contributed by atoms with Gasteiger partial charge in [0.2, 0.25) is 0 Å². The molecule has 0 aliphatic rings. The quantitative estimate of drug-likeness (QED) is 0.359. The first kappa shape index (κ1) is 25.1. The molecule has 0 aromatic heterocycles. The van der Waals surface area contributed by atoms with Crippen LogP contribution >= 0.6 is 0 Å². The Morgan fingerprint density at radius 2 is 1.41 bits per heavy atom. The van der Waals surface area contributed by atoms with Crippen LogP contribution in [0.2, 0.25) is 0 Å². The van der Waals surface area contributed by atoms with Crippen LogP contribution in [0.3, 0.4) is 0 Å². The minimum Gasteiger partial charge on any atom is -0.699 e. The first-order valence-corrected chi connectivity index (χ1v) is 6.88. The van der Waals surface area contributed by atoms with Crippen LogP contribution in [0.5, 0.6) is 0 Å². The normalized spacial score (nSPS) is 11.1. The minimum atomic E-state index is -0.0406. The van der Waals surface area contributed by atoms with E-state index in [1.54, 1.807) is 6.08 Å². The molecule has 1 atom stereocenters. The van der Waals surface area contributed by atoms with E-state index in [-0.39, 0.29) is 94.2 Å². The summed E-state index contributed by atoms with van der Waals surface area (Å²) < 4.78 is 0. The van der Waals surface area contributed by atoms with Gasteiger partial charge in [0.15, 0.2) is 0 Å². The van der Waals surface area contributed by atoms with Crippen molar-refractivity contribution in [2.45, 2.75) is 26.3 Å². The molecule has 0 bridgehead atoms. The maximum atomic E-state index is 7.56. The van der Waals surface area contributed by atoms with Crippen LogP contribution in [0.15, 0.2) is 66.7 Å². The standard InChI is InChI=1S/C9H12N.C9H10N.2Ac/c2*1-2-9(10)8-6-4-3-5-7-8;;/h3-7,9-10H,2H2,1H3;2-7,10H,1H3;;/q2*-1;;. The molecular weight excluding hydrogens is 698 g/mol. The molecule has 2 radical (unpaired) electrons. The fraction of sp³-hybridized carbons (Fsp3) is 0.222. The fourth-order valence-electron chi connectivity index (χ4n) is 1.71. The Morgan fingerprint density at radius 1 is 0.955 bits per heavy atom. The summed E-state index contributed by atoms with van der Waals surface area (Å²) in [5, 5.41) is 0. The summed E-state index contributed by atoms with van der Waals surface area (Å²) in [7, 11) is 0. The van der Waals surface area contributed by atoms with Gasteiger partial charge in [-0.15, -0.1) is 17.8 Å². The van der Waals surface area contributed by atoms with Crippen LogP contribution in [0.4, 0.5) is 0 Å². The average molecular weight is 720 g/mol. The van der Waals surface area contributed by atoms with Crippen molar-refractivity contribution in [3.05, 3.63) is 89.3 Å². The largest absolute Gasteiger partial charge is 0.699 e. The Balaban J connectivity index is 0. The van der Waals surface area contributed by atoms with E-state index in [4.69, 9.17) is 11.5 Å². The van der Waals surface area contributed by atoms with Crippen molar-refractivity contribution in [2.24, 2.45) is 0 Å². The Labute approximate surface area is 206 Å². The number of hydrogen-bond acceptors (Lipinski definition) is 0. The molecule has 4 heteroatoms. The van der Waals surface area contributed by atoms with Crippen LogP contribution in [0, 0.1) is 88.1 Å². The van der Waals surface area contributed by atoms with Gasteiger partial charge in [-0.1, -0.05) is 79.6 Å². The van der Waals surface area contributed by atoms with Gasteiger partial charge in [-0.2, -0.15) is 0 Å². The molecule has 22 heavy (non-hydrogen) atoms. The zero-order chi connectivity index (χ0) is 14.8. The van der Waals surface area contributed by atoms with Crippen LogP contribution in [0.1, 0.15) is 37.4 Å². The van der Waals surface area contributed by atoms with Gasteiger partial charge in [-0.05, 0) is 12.5 Å². The van der Waals surface area contributed by atoms with Gasteiger partial charge < -0.3 is 11.5 Å². The second kappa shape index (κ2) is 15.4. The number of nitrogens with one attached hydrogen (secondary N) is 2. The molecule has 2 rings (SSSR count). The number of hydrogen-bond donors (Lipinski definition) is 0. The van der Waals surface area contributed by atoms with Crippen molar-refractivity contribution in [1.82, 2.24) is 0 Å². The molecule has 0 aliphatic heterocycles. The van der Waals surface area contributed by atoms with E-state index >= 15 is 0 Å². The monoisotopic (exact) mass is 720 g/mol. The van der Waals surface area contributed by atoms with Gasteiger partial charge in [-0.25, -0.2) is 0 Å². The SMILES string of the molecule is CC=C([NH-])c1ccccc1.CCC([NH-])c1ccccc1.[Ac].[Ac]. The van der Waals surface area contributed by atoms with Crippen molar-refractivity contribution in [3.8, 4) is 0 Å². The molecule has 0 fully saturated rings. The van der Waals surface area contributed by atoms with Crippen LogP contribution in [-0.2, 0) is 0 Å². The summed E-state index contributed by atoms with van der Waals surface area (Å²) in [5.74, 6) is 0. The maximum Gasteiger partial charge on any atom is 0 e. The molecule has 0 saturated heterocycles. The number of benzene rings is 2. The van der Waals surface area contributed by atoms with Crippen molar-refractivity contribution in [1.29, 1.82) is 0 Å². The topological polar surface area (TPSA) is 47.6 Å². The summed E-state index contributed by atoms with van der Waals surface area (Å²) in [6, 6.07) is 19.6. The maximum absolute atomic E-state index is 7.56. The number of allylic oxidation sites excluding steroid dienone is 1. The van der Waals surface area contributed by atoms with Gasteiger partial charge in [0.25, 0.3) is 0 Å². The molecule has 0 spiro atoms. The van der Waals surface area contributed by atoms with E-state index in [2.05, 4.69) is 0 Å². The van der Waals surface area contributed by atoms with Crippen molar-refractivity contribution in [2.75, 3.05) is 0 Å². The summed E-state index contributed by atoms with van der Waals surface area (Å²) in [6.07, 6.45) is 2.68. The Morgan fingerprint density at radius 3 is 1.82 bits per heavy atom. The van der Waals surface area contributed by atoms with Gasteiger partial charge in [-0.3, -0.25) is 0 Å². The summed E-state index contributed by atoms with van der Waals surface area (Å²) in [5.41, 5.74) is 17.7. The molecule has 2 nitrogen and oxygen atoms in total. The van der Waals surface area contributed by atoms with Gasteiger partial charge in [0.05, 0.1) is 0 Å². The predicted octanol–water partition coefficient (Wildman–Crippen LogP) is 6.29. The second-order valence-corrected chi connectivity index (χ2v) is 4.44. The molecule has 2 aromatic carbocycles. The third-order valence-electron chi connectivity index (χ3n) is 2.98. The van der Waals surface area contributed by atoms with Crippen LogP contribution in [-0.4, -0.2) is 0 Å². The molecule has 0 saturated carbocycles. The smallest absolute Gasteiger partial charge is 0 e. The first-order chi connectivity index (χ1) is 9.69. The predicted molar refractivity (Wildman–Crippen MR) is 88.2 cm³/mol. The molecule has 2 N–H and O–H groups in total. The summed E-state index contributed by atoms with van der Waals surface area (Å²) >= 11 is 0. The Hall–Kier alpha value is 0.823. The minimum absolute atomic E-state index is 0. The zero-order valence-corrected chi connectivity index (χ0v) is 22.8. The van der Waals surface area contributed by atoms with Crippen molar-refractivity contribution >= 4 is 5.70 Å². The molecule has 0 amide bonds. The van der Waals surface area contributed by atoms with Gasteiger partial charge in [0, 0.05) is 88.1 Å². The Bertz CT molecular complexity index is 513. The van der Waals surface area contributed by atoms with Crippen molar-refractivity contribution < 1.29 is 88.1 Å². The van der Waals surface area contributed by atoms with E-state index in [1.807, 2.05) is 74.5 Å². The molecular formula is C18H22Ac2N2-2. The summed E-state index contributed by atoms with van der Waals surface area (Å²) in [6.45, 7) is 3.90. The van der Waals surface area contributed by atoms with E-state index in [9.17, 15) is 0 Å². The first-order valence-electron chi connectivity index (χ1n) is 6.88. The van der Waals surface area contributed by atoms with Crippen LogP contribution < -0.4 is 0 Å². The molecule has 2 aromatic rings. The van der Waals surface area contributed by atoms with Gasteiger partial charge in [0.1, 0.15) is 0 Å². The summed E-state index contributed by atoms with van der Waals surface area (Å²) in [4.78, 5) is 0. The van der Waals surface area contributed by atoms with Gasteiger partial charge >= 0.3 is 0 Å². The van der Waals surface area contributed by atoms with E-state index in [0.29, 0.717) is 5.70 Å². The molecule has 112 valence electrons. The van der Waals surface area contributed by atoms with E-state index in [1.165, 1.54) is 0 Å². The molecule has 0 heterocycles. The third-order valence-corrected chi connectivity index (χ3v) is 2.98. The average Bonchev–Trinajstić information content (AvgIpc) is 2.55. The van der Waals surface area contributed by atoms with E-state index in [0.717, 1.165) is 17.5 Å². The van der Waals surface area contributed by atoms with Crippen LogP contribution in [0.25, 0.3) is 17.2 Å². The molecule has 1 unspecified atom stereocenters. The second-order valence-electron chi connectivity index (χ2n) is 4.44. The Kier molecular flexibility index (Phi) is 17.5. The van der Waals surface area contributed by atoms with Crippen molar-refractivity contribution in [3.63, 3.8) is 0 Å². The molecule has 0 aliphatic carbocycles. The number of rotatable bonds is 3. The third kappa shape index (κ3) is 9.85. The van der Waals surface area contributed by atoms with E-state index < -0.39 is 0 Å². The fourth-order valence-corrected chi connectivity index (χ4v) is 1.71.